The van der Waals surface area contributed by atoms with Crippen LogP contribution in [0.15, 0.2) is 27.4 Å². The molecule has 1 aliphatic rings. The molecule has 3 rings (SSSR count). The van der Waals surface area contributed by atoms with Crippen molar-refractivity contribution in [3.05, 3.63) is 40.0 Å². The maximum Gasteiger partial charge on any atom is 0.351 e. The summed E-state index contributed by atoms with van der Waals surface area (Å²) in [5.41, 5.74) is -1.12. The van der Waals surface area contributed by atoms with Crippen LogP contribution in [0.1, 0.15) is 62.2 Å². The molecule has 5 heteroatoms. The van der Waals surface area contributed by atoms with Crippen molar-refractivity contribution >= 4 is 16.8 Å². The zero-order chi connectivity index (χ0) is 18.0. The highest BCUT2D eigenvalue weighted by Gasteiger charge is 2.31. The van der Waals surface area contributed by atoms with Crippen LogP contribution < -0.4 is 5.63 Å². The Bertz CT molecular complexity index is 831. The number of fused-ring (bicyclic) bond motifs is 1. The minimum absolute atomic E-state index is 0.0552. The van der Waals surface area contributed by atoms with Crippen molar-refractivity contribution in [1.29, 1.82) is 0 Å². The third-order valence-corrected chi connectivity index (χ3v) is 5.27. The molecule has 1 aromatic carbocycles. The van der Waals surface area contributed by atoms with E-state index in [0.29, 0.717) is 18.8 Å². The summed E-state index contributed by atoms with van der Waals surface area (Å²) in [5, 5.41) is 10.4. The summed E-state index contributed by atoms with van der Waals surface area (Å²) >= 11 is 0. The van der Waals surface area contributed by atoms with Crippen LogP contribution in [-0.2, 0) is 0 Å². The molecule has 0 atom stereocenters. The van der Waals surface area contributed by atoms with Crippen molar-refractivity contribution < 1.29 is 18.7 Å². The van der Waals surface area contributed by atoms with Crippen molar-refractivity contribution in [3.63, 3.8) is 0 Å². The number of halogens is 1. The second-order valence-corrected chi connectivity index (χ2v) is 6.98. The van der Waals surface area contributed by atoms with Gasteiger partial charge < -0.3 is 9.52 Å². The molecule has 2 aromatic rings. The molecular formula is C20H23FO4. The minimum Gasteiger partial charge on any atom is -0.506 e. The lowest BCUT2D eigenvalue weighted by Gasteiger charge is -2.27. The molecule has 0 bridgehead atoms. The maximum absolute atomic E-state index is 13.4. The first-order valence-corrected chi connectivity index (χ1v) is 9.00. The minimum atomic E-state index is -0.852. The van der Waals surface area contributed by atoms with Gasteiger partial charge in [0.1, 0.15) is 22.7 Å². The van der Waals surface area contributed by atoms with Gasteiger partial charge in [-0.3, -0.25) is 4.79 Å². The normalized spacial score (nSPS) is 20.7. The zero-order valence-electron chi connectivity index (χ0n) is 14.4. The van der Waals surface area contributed by atoms with Gasteiger partial charge in [0, 0.05) is 5.92 Å². The second kappa shape index (κ2) is 7.38. The Labute approximate surface area is 145 Å². The highest BCUT2D eigenvalue weighted by atomic mass is 19.1. The third-order valence-electron chi connectivity index (χ3n) is 5.27. The summed E-state index contributed by atoms with van der Waals surface area (Å²) in [7, 11) is 0. The number of benzene rings is 1. The van der Waals surface area contributed by atoms with Crippen molar-refractivity contribution in [1.82, 2.24) is 0 Å². The van der Waals surface area contributed by atoms with Crippen LogP contribution in [0.5, 0.6) is 5.75 Å². The number of rotatable bonds is 5. The van der Waals surface area contributed by atoms with E-state index in [9.17, 15) is 19.1 Å². The first-order chi connectivity index (χ1) is 12.0. The largest absolute Gasteiger partial charge is 0.506 e. The highest BCUT2D eigenvalue weighted by molar-refractivity contribution is 6.03. The number of Topliss-reactive ketones (excluding diaryl/α,β-unsaturated/α-hetero) is 1. The second-order valence-electron chi connectivity index (χ2n) is 6.98. The average molecular weight is 346 g/mol. The molecule has 1 aromatic heterocycles. The number of aromatic hydroxyl groups is 1. The van der Waals surface area contributed by atoms with E-state index in [4.69, 9.17) is 4.42 Å². The first kappa shape index (κ1) is 17.6. The Hall–Kier alpha value is -2.17. The van der Waals surface area contributed by atoms with Gasteiger partial charge in [0.2, 0.25) is 0 Å². The lowest BCUT2D eigenvalue weighted by Crippen LogP contribution is -2.26. The fourth-order valence-corrected chi connectivity index (χ4v) is 3.79. The Morgan fingerprint density at radius 1 is 1.28 bits per heavy atom. The molecular weight excluding hydrogens is 323 g/mol. The zero-order valence-corrected chi connectivity index (χ0v) is 14.4. The molecule has 1 fully saturated rings. The third kappa shape index (κ3) is 3.60. The van der Waals surface area contributed by atoms with Gasteiger partial charge in [0.05, 0.1) is 5.39 Å². The van der Waals surface area contributed by atoms with E-state index in [1.807, 2.05) is 0 Å². The molecule has 0 radical (unpaired) electrons. The van der Waals surface area contributed by atoms with E-state index < -0.39 is 17.2 Å². The van der Waals surface area contributed by atoms with Gasteiger partial charge >= 0.3 is 5.63 Å². The van der Waals surface area contributed by atoms with Gasteiger partial charge in [-0.05, 0) is 49.8 Å². The van der Waals surface area contributed by atoms with Crippen molar-refractivity contribution in [3.8, 4) is 5.75 Å². The van der Waals surface area contributed by atoms with Crippen LogP contribution in [0.25, 0.3) is 11.0 Å². The Morgan fingerprint density at radius 3 is 2.68 bits per heavy atom. The fraction of sp³-hybridized carbons (Fsp3) is 0.500. The number of hydrogen-bond donors (Lipinski definition) is 1. The number of ketones is 1. The van der Waals surface area contributed by atoms with Gasteiger partial charge in [-0.25, -0.2) is 9.18 Å². The van der Waals surface area contributed by atoms with Gasteiger partial charge in [-0.2, -0.15) is 0 Å². The van der Waals surface area contributed by atoms with Crippen LogP contribution in [0.2, 0.25) is 0 Å². The highest BCUT2D eigenvalue weighted by Crippen LogP contribution is 2.36. The van der Waals surface area contributed by atoms with E-state index >= 15 is 0 Å². The van der Waals surface area contributed by atoms with E-state index in [-0.39, 0.29) is 28.2 Å². The lowest BCUT2D eigenvalue weighted by molar-refractivity contribution is 0.0862. The van der Waals surface area contributed by atoms with E-state index in [1.54, 1.807) is 0 Å². The van der Waals surface area contributed by atoms with Crippen LogP contribution in [0.3, 0.4) is 0 Å². The molecule has 0 saturated heterocycles. The molecule has 1 N–H and O–H groups in total. The fourth-order valence-electron chi connectivity index (χ4n) is 3.79. The van der Waals surface area contributed by atoms with Gasteiger partial charge in [0.15, 0.2) is 5.78 Å². The summed E-state index contributed by atoms with van der Waals surface area (Å²) in [6.45, 7) is 2.17. The molecule has 25 heavy (non-hydrogen) atoms. The summed E-state index contributed by atoms with van der Waals surface area (Å²) < 4.78 is 18.5. The molecule has 1 aliphatic carbocycles. The van der Waals surface area contributed by atoms with Crippen molar-refractivity contribution in [2.45, 2.75) is 51.9 Å². The van der Waals surface area contributed by atoms with Crippen LogP contribution >= 0.6 is 0 Å². The monoisotopic (exact) mass is 346 g/mol. The predicted octanol–water partition coefficient (Wildman–Crippen LogP) is 4.82. The molecule has 4 nitrogen and oxygen atoms in total. The Kier molecular flexibility index (Phi) is 5.21. The predicted molar refractivity (Wildman–Crippen MR) is 93.4 cm³/mol. The van der Waals surface area contributed by atoms with Crippen LogP contribution in [-0.4, -0.2) is 10.9 Å². The van der Waals surface area contributed by atoms with Crippen LogP contribution in [0.4, 0.5) is 4.39 Å². The Balaban J connectivity index is 1.84. The average Bonchev–Trinajstić information content (AvgIpc) is 2.61. The summed E-state index contributed by atoms with van der Waals surface area (Å²) in [5.74, 6) is -1.06. The van der Waals surface area contributed by atoms with E-state index in [2.05, 4.69) is 6.92 Å². The van der Waals surface area contributed by atoms with Crippen molar-refractivity contribution in [2.24, 2.45) is 11.8 Å². The molecule has 134 valence electrons. The molecule has 0 amide bonds. The van der Waals surface area contributed by atoms with Gasteiger partial charge in [-0.1, -0.05) is 26.2 Å². The summed E-state index contributed by atoms with van der Waals surface area (Å²) in [4.78, 5) is 25.0. The molecule has 0 unspecified atom stereocenters. The molecule has 0 spiro atoms. The number of unbranched alkanes of at least 4 members (excludes halogenated alkanes) is 1. The lowest BCUT2D eigenvalue weighted by atomic mass is 9.77. The molecule has 1 saturated carbocycles. The number of hydrogen-bond acceptors (Lipinski definition) is 4. The Morgan fingerprint density at radius 2 is 2.00 bits per heavy atom. The van der Waals surface area contributed by atoms with Crippen LogP contribution in [0, 0.1) is 17.7 Å². The topological polar surface area (TPSA) is 67.5 Å². The van der Waals surface area contributed by atoms with E-state index in [0.717, 1.165) is 25.0 Å². The van der Waals surface area contributed by atoms with Crippen molar-refractivity contribution in [2.75, 3.05) is 0 Å². The molecule has 1 heterocycles. The standard InChI is InChI=1S/C20H23FO4/c1-2-3-4-12-5-7-13(8-6-12)18(22)17-19(23)15-11-14(21)9-10-16(15)25-20(17)24/h9-13,23H,2-8H2,1H3. The SMILES string of the molecule is CCCCC1CCC(C(=O)c2c(O)c3cc(F)ccc3oc2=O)CC1. The maximum atomic E-state index is 13.4. The quantitative estimate of drug-likeness (QED) is 0.623. The first-order valence-electron chi connectivity index (χ1n) is 9.00. The summed E-state index contributed by atoms with van der Waals surface area (Å²) in [6, 6.07) is 3.49. The number of carbonyl (C=O) groups is 1. The number of carbonyl (C=O) groups excluding carboxylic acids is 1. The smallest absolute Gasteiger partial charge is 0.351 e. The van der Waals surface area contributed by atoms with Gasteiger partial charge in [0.25, 0.3) is 0 Å². The summed E-state index contributed by atoms with van der Waals surface area (Å²) in [6.07, 6.45) is 6.90. The van der Waals surface area contributed by atoms with Gasteiger partial charge in [-0.15, -0.1) is 0 Å². The molecule has 0 aliphatic heterocycles. The van der Waals surface area contributed by atoms with E-state index in [1.165, 1.54) is 25.3 Å².